The molecule has 2 aromatic rings. The van der Waals surface area contributed by atoms with Crippen LogP contribution in [0.4, 0.5) is 0 Å². The van der Waals surface area contributed by atoms with Gasteiger partial charge in [-0.15, -0.1) is 0 Å². The van der Waals surface area contributed by atoms with Gasteiger partial charge in [-0.25, -0.2) is 4.98 Å². The number of carbonyl (C=O) groups excluding carboxylic acids is 1. The Hall–Kier alpha value is -2.23. The SMILES string of the molecule is Cc1cccc(C(=O)NCc2ccncc2)n1. The second-order valence-electron chi connectivity index (χ2n) is 3.70. The topological polar surface area (TPSA) is 54.9 Å². The molecule has 0 saturated carbocycles. The molecule has 0 saturated heterocycles. The van der Waals surface area contributed by atoms with Crippen LogP contribution in [-0.2, 0) is 6.54 Å². The van der Waals surface area contributed by atoms with Gasteiger partial charge in [-0.3, -0.25) is 9.78 Å². The number of nitrogens with one attached hydrogen (secondary N) is 1. The number of pyridine rings is 2. The zero-order valence-corrected chi connectivity index (χ0v) is 9.55. The molecule has 0 aromatic carbocycles. The summed E-state index contributed by atoms with van der Waals surface area (Å²) >= 11 is 0. The Kier molecular flexibility index (Phi) is 3.45. The minimum Gasteiger partial charge on any atom is -0.347 e. The van der Waals surface area contributed by atoms with E-state index < -0.39 is 0 Å². The molecule has 4 heteroatoms. The van der Waals surface area contributed by atoms with E-state index in [-0.39, 0.29) is 5.91 Å². The summed E-state index contributed by atoms with van der Waals surface area (Å²) in [6.07, 6.45) is 3.40. The van der Waals surface area contributed by atoms with Gasteiger partial charge in [-0.1, -0.05) is 6.07 Å². The lowest BCUT2D eigenvalue weighted by Crippen LogP contribution is -2.23. The van der Waals surface area contributed by atoms with Crippen molar-refractivity contribution in [2.75, 3.05) is 0 Å². The smallest absolute Gasteiger partial charge is 0.270 e. The van der Waals surface area contributed by atoms with Crippen LogP contribution in [0.1, 0.15) is 21.7 Å². The summed E-state index contributed by atoms with van der Waals surface area (Å²) in [7, 11) is 0. The Balaban J connectivity index is 1.98. The molecule has 1 amide bonds. The zero-order chi connectivity index (χ0) is 12.1. The van der Waals surface area contributed by atoms with Crippen LogP contribution in [0.15, 0.2) is 42.7 Å². The third kappa shape index (κ3) is 3.11. The number of hydrogen-bond acceptors (Lipinski definition) is 3. The zero-order valence-electron chi connectivity index (χ0n) is 9.55. The number of aromatic nitrogens is 2. The Labute approximate surface area is 99.7 Å². The van der Waals surface area contributed by atoms with Crippen LogP contribution >= 0.6 is 0 Å². The van der Waals surface area contributed by atoms with Crippen LogP contribution in [0.2, 0.25) is 0 Å². The minimum absolute atomic E-state index is 0.162. The van der Waals surface area contributed by atoms with Crippen molar-refractivity contribution in [3.8, 4) is 0 Å². The maximum Gasteiger partial charge on any atom is 0.270 e. The largest absolute Gasteiger partial charge is 0.347 e. The first-order valence-electron chi connectivity index (χ1n) is 5.36. The predicted octanol–water partition coefficient (Wildman–Crippen LogP) is 1.72. The van der Waals surface area contributed by atoms with Crippen molar-refractivity contribution in [2.24, 2.45) is 0 Å². The van der Waals surface area contributed by atoms with E-state index in [1.807, 2.05) is 31.2 Å². The highest BCUT2D eigenvalue weighted by Gasteiger charge is 2.06. The van der Waals surface area contributed by atoms with Crippen molar-refractivity contribution < 1.29 is 4.79 Å². The van der Waals surface area contributed by atoms with Crippen molar-refractivity contribution in [1.82, 2.24) is 15.3 Å². The van der Waals surface area contributed by atoms with E-state index in [0.29, 0.717) is 12.2 Å². The molecule has 0 radical (unpaired) electrons. The molecule has 4 nitrogen and oxygen atoms in total. The number of rotatable bonds is 3. The predicted molar refractivity (Wildman–Crippen MR) is 64.4 cm³/mol. The summed E-state index contributed by atoms with van der Waals surface area (Å²) in [4.78, 5) is 19.9. The monoisotopic (exact) mass is 227 g/mol. The minimum atomic E-state index is -0.162. The van der Waals surface area contributed by atoms with E-state index >= 15 is 0 Å². The van der Waals surface area contributed by atoms with Gasteiger partial charge in [0, 0.05) is 24.6 Å². The summed E-state index contributed by atoms with van der Waals surface area (Å²) < 4.78 is 0. The van der Waals surface area contributed by atoms with Gasteiger partial charge in [0.2, 0.25) is 0 Å². The van der Waals surface area contributed by atoms with Gasteiger partial charge in [-0.05, 0) is 36.8 Å². The lowest BCUT2D eigenvalue weighted by Gasteiger charge is -2.04. The highest BCUT2D eigenvalue weighted by Crippen LogP contribution is 2.00. The fraction of sp³-hybridized carbons (Fsp3) is 0.154. The van der Waals surface area contributed by atoms with Crippen LogP contribution in [-0.4, -0.2) is 15.9 Å². The van der Waals surface area contributed by atoms with E-state index in [1.54, 1.807) is 18.5 Å². The van der Waals surface area contributed by atoms with Crippen LogP contribution in [0.3, 0.4) is 0 Å². The van der Waals surface area contributed by atoms with E-state index in [1.165, 1.54) is 0 Å². The second kappa shape index (κ2) is 5.21. The Morgan fingerprint density at radius 1 is 1.24 bits per heavy atom. The Bertz CT molecular complexity index is 511. The number of aryl methyl sites for hydroxylation is 1. The first-order valence-corrected chi connectivity index (χ1v) is 5.36. The molecule has 0 aliphatic rings. The van der Waals surface area contributed by atoms with Gasteiger partial charge in [0.1, 0.15) is 5.69 Å². The summed E-state index contributed by atoms with van der Waals surface area (Å²) in [6, 6.07) is 9.12. The third-order valence-electron chi connectivity index (χ3n) is 2.32. The average Bonchev–Trinajstić information content (AvgIpc) is 2.37. The normalized spacial score (nSPS) is 9.94. The van der Waals surface area contributed by atoms with Crippen molar-refractivity contribution in [1.29, 1.82) is 0 Å². The molecule has 2 heterocycles. The van der Waals surface area contributed by atoms with Crippen LogP contribution in [0.25, 0.3) is 0 Å². The molecule has 0 aliphatic heterocycles. The lowest BCUT2D eigenvalue weighted by molar-refractivity contribution is 0.0945. The highest BCUT2D eigenvalue weighted by atomic mass is 16.1. The van der Waals surface area contributed by atoms with Gasteiger partial charge in [0.15, 0.2) is 0 Å². The molecule has 17 heavy (non-hydrogen) atoms. The number of nitrogens with zero attached hydrogens (tertiary/aromatic N) is 2. The molecule has 2 rings (SSSR count). The Morgan fingerprint density at radius 3 is 2.71 bits per heavy atom. The quantitative estimate of drug-likeness (QED) is 0.868. The average molecular weight is 227 g/mol. The molecule has 0 unspecified atom stereocenters. The van der Waals surface area contributed by atoms with Gasteiger partial charge in [0.05, 0.1) is 0 Å². The standard InChI is InChI=1S/C13H13N3O/c1-10-3-2-4-12(16-10)13(17)15-9-11-5-7-14-8-6-11/h2-8H,9H2,1H3,(H,15,17). The molecular weight excluding hydrogens is 214 g/mol. The van der Waals surface area contributed by atoms with E-state index in [4.69, 9.17) is 0 Å². The van der Waals surface area contributed by atoms with Crippen molar-refractivity contribution in [2.45, 2.75) is 13.5 Å². The van der Waals surface area contributed by atoms with E-state index in [0.717, 1.165) is 11.3 Å². The van der Waals surface area contributed by atoms with Gasteiger partial charge < -0.3 is 5.32 Å². The summed E-state index contributed by atoms with van der Waals surface area (Å²) in [5.74, 6) is -0.162. The second-order valence-corrected chi connectivity index (χ2v) is 3.70. The fourth-order valence-corrected chi connectivity index (χ4v) is 1.44. The van der Waals surface area contributed by atoms with Crippen molar-refractivity contribution in [3.63, 3.8) is 0 Å². The molecule has 0 atom stereocenters. The number of carbonyl (C=O) groups is 1. The lowest BCUT2D eigenvalue weighted by atomic mass is 10.2. The molecule has 0 aliphatic carbocycles. The maximum absolute atomic E-state index is 11.8. The molecule has 2 aromatic heterocycles. The van der Waals surface area contributed by atoms with Crippen molar-refractivity contribution >= 4 is 5.91 Å². The van der Waals surface area contributed by atoms with Crippen LogP contribution in [0.5, 0.6) is 0 Å². The fourth-order valence-electron chi connectivity index (χ4n) is 1.44. The first kappa shape index (κ1) is 11.3. The van der Waals surface area contributed by atoms with E-state index in [9.17, 15) is 4.79 Å². The number of amides is 1. The molecule has 0 bridgehead atoms. The molecule has 86 valence electrons. The van der Waals surface area contributed by atoms with Gasteiger partial charge in [-0.2, -0.15) is 0 Å². The van der Waals surface area contributed by atoms with Crippen LogP contribution in [0, 0.1) is 6.92 Å². The van der Waals surface area contributed by atoms with Crippen LogP contribution < -0.4 is 5.32 Å². The Morgan fingerprint density at radius 2 is 2.00 bits per heavy atom. The van der Waals surface area contributed by atoms with Gasteiger partial charge in [0.25, 0.3) is 5.91 Å². The van der Waals surface area contributed by atoms with Crippen molar-refractivity contribution in [3.05, 3.63) is 59.7 Å². The molecule has 0 fully saturated rings. The highest BCUT2D eigenvalue weighted by molar-refractivity contribution is 5.92. The maximum atomic E-state index is 11.8. The number of hydrogen-bond donors (Lipinski definition) is 1. The molecular formula is C13H13N3O. The van der Waals surface area contributed by atoms with Gasteiger partial charge >= 0.3 is 0 Å². The first-order chi connectivity index (χ1) is 8.25. The molecule has 0 spiro atoms. The summed E-state index contributed by atoms with van der Waals surface area (Å²) in [5.41, 5.74) is 2.29. The summed E-state index contributed by atoms with van der Waals surface area (Å²) in [6.45, 7) is 2.34. The molecule has 1 N–H and O–H groups in total. The van der Waals surface area contributed by atoms with E-state index in [2.05, 4.69) is 15.3 Å². The third-order valence-corrected chi connectivity index (χ3v) is 2.32. The summed E-state index contributed by atoms with van der Waals surface area (Å²) in [5, 5.41) is 2.81.